The lowest BCUT2D eigenvalue weighted by Crippen LogP contribution is -2.25. The molecule has 0 N–H and O–H groups in total. The van der Waals surface area contributed by atoms with Gasteiger partial charge in [-0.3, -0.25) is 0 Å². The summed E-state index contributed by atoms with van der Waals surface area (Å²) in [6.07, 6.45) is 2.64. The maximum Gasteiger partial charge on any atom is 0.338 e. The van der Waals surface area contributed by atoms with E-state index in [-0.39, 0.29) is 21.6 Å². The number of esters is 1. The van der Waals surface area contributed by atoms with Crippen LogP contribution >= 0.6 is 22.3 Å². The van der Waals surface area contributed by atoms with Crippen molar-refractivity contribution in [1.82, 2.24) is 0 Å². The van der Waals surface area contributed by atoms with Gasteiger partial charge in [-0.2, -0.15) is 0 Å². The van der Waals surface area contributed by atoms with Crippen molar-refractivity contribution in [3.8, 4) is 0 Å². The van der Waals surface area contributed by atoms with Gasteiger partial charge in [-0.15, -0.1) is 0 Å². The largest absolute Gasteiger partial charge is 0.459 e. The molecule has 4 nitrogen and oxygen atoms in total. The molecule has 1 saturated carbocycles. The van der Waals surface area contributed by atoms with Gasteiger partial charge in [0.1, 0.15) is 6.10 Å². The molecule has 0 unspecified atom stereocenters. The quantitative estimate of drug-likeness (QED) is 0.636. The number of carbonyl (C=O) groups excluding carboxylic acids is 1. The summed E-state index contributed by atoms with van der Waals surface area (Å²) in [4.78, 5) is 11.5. The van der Waals surface area contributed by atoms with Crippen molar-refractivity contribution in [3.63, 3.8) is 0 Å². The van der Waals surface area contributed by atoms with Crippen LogP contribution in [-0.4, -0.2) is 20.5 Å². The van der Waals surface area contributed by atoms with Gasteiger partial charge in [-0.25, -0.2) is 13.2 Å². The summed E-state index contributed by atoms with van der Waals surface area (Å²) in [7, 11) is 1.29. The molecule has 0 aromatic heterocycles. The number of hydrogen-bond donors (Lipinski definition) is 0. The molecule has 18 heavy (non-hydrogen) atoms. The first-order valence-electron chi connectivity index (χ1n) is 5.32. The first-order chi connectivity index (χ1) is 8.36. The summed E-state index contributed by atoms with van der Waals surface area (Å²) in [6, 6.07) is 3.70. The highest BCUT2D eigenvalue weighted by atomic mass is 35.7. The highest BCUT2D eigenvalue weighted by Gasteiger charge is 2.23. The van der Waals surface area contributed by atoms with E-state index in [0.29, 0.717) is 0 Å². The molecule has 0 aliphatic heterocycles. The van der Waals surface area contributed by atoms with Gasteiger partial charge in [-0.1, -0.05) is 11.6 Å². The highest BCUT2D eigenvalue weighted by molar-refractivity contribution is 8.13. The number of hydrogen-bond acceptors (Lipinski definition) is 4. The summed E-state index contributed by atoms with van der Waals surface area (Å²) in [5.74, 6) is -0.580. The van der Waals surface area contributed by atoms with Crippen molar-refractivity contribution in [2.45, 2.75) is 30.3 Å². The summed E-state index contributed by atoms with van der Waals surface area (Å²) >= 11 is 5.75. The molecule has 2 rings (SSSR count). The Labute approximate surface area is 114 Å². The molecule has 98 valence electrons. The zero-order chi connectivity index (χ0) is 13.3. The van der Waals surface area contributed by atoms with E-state index in [1.54, 1.807) is 0 Å². The lowest BCUT2D eigenvalue weighted by Gasteiger charge is -2.25. The lowest BCUT2D eigenvalue weighted by molar-refractivity contribution is 0.00898. The molecule has 1 aliphatic carbocycles. The Hall–Kier alpha value is -0.780. The Balaban J connectivity index is 2.27. The smallest absolute Gasteiger partial charge is 0.338 e. The minimum atomic E-state index is -3.92. The van der Waals surface area contributed by atoms with Crippen molar-refractivity contribution in [1.29, 1.82) is 0 Å². The molecule has 1 aromatic carbocycles. The van der Waals surface area contributed by atoms with E-state index in [4.69, 9.17) is 27.0 Å². The van der Waals surface area contributed by atoms with Crippen molar-refractivity contribution < 1.29 is 17.9 Å². The third-order valence-corrected chi connectivity index (χ3v) is 4.27. The maximum atomic E-state index is 11.8. The molecule has 0 bridgehead atoms. The van der Waals surface area contributed by atoms with Crippen LogP contribution in [0.2, 0.25) is 5.02 Å². The van der Waals surface area contributed by atoms with Gasteiger partial charge in [0.2, 0.25) is 0 Å². The summed E-state index contributed by atoms with van der Waals surface area (Å²) in [6.45, 7) is 0. The number of ether oxygens (including phenoxy) is 1. The third kappa shape index (κ3) is 3.16. The SMILES string of the molecule is O=C(OC1CCC1)c1cc(Cl)cc(S(=O)(=O)Cl)c1. The molecule has 0 spiro atoms. The van der Waals surface area contributed by atoms with Crippen LogP contribution in [0.15, 0.2) is 23.1 Å². The molecular formula is C11H10Cl2O4S. The average Bonchev–Trinajstić information content (AvgIpc) is 2.21. The number of rotatable bonds is 3. The second-order valence-electron chi connectivity index (χ2n) is 4.07. The molecule has 0 radical (unpaired) electrons. The number of carbonyl (C=O) groups is 1. The van der Waals surface area contributed by atoms with Crippen molar-refractivity contribution in [2.24, 2.45) is 0 Å². The van der Waals surface area contributed by atoms with E-state index in [0.717, 1.165) is 25.3 Å². The van der Waals surface area contributed by atoms with E-state index in [1.807, 2.05) is 0 Å². The minimum absolute atomic E-state index is 0.0764. The van der Waals surface area contributed by atoms with Crippen LogP contribution < -0.4 is 0 Å². The maximum absolute atomic E-state index is 11.8. The fourth-order valence-electron chi connectivity index (χ4n) is 1.53. The van der Waals surface area contributed by atoms with Crippen LogP contribution in [0.3, 0.4) is 0 Å². The summed E-state index contributed by atoms with van der Waals surface area (Å²) < 4.78 is 27.6. The van der Waals surface area contributed by atoms with Crippen LogP contribution in [-0.2, 0) is 13.8 Å². The number of halogens is 2. The van der Waals surface area contributed by atoms with Crippen LogP contribution in [0.5, 0.6) is 0 Å². The minimum Gasteiger partial charge on any atom is -0.459 e. The first-order valence-corrected chi connectivity index (χ1v) is 8.01. The molecule has 0 amide bonds. The van der Waals surface area contributed by atoms with Crippen molar-refractivity contribution >= 4 is 37.3 Å². The van der Waals surface area contributed by atoms with Gasteiger partial charge in [0.15, 0.2) is 0 Å². The van der Waals surface area contributed by atoms with Crippen molar-refractivity contribution in [2.75, 3.05) is 0 Å². The Morgan fingerprint density at radius 1 is 1.28 bits per heavy atom. The molecule has 1 aromatic rings. The van der Waals surface area contributed by atoms with Crippen LogP contribution in [0.4, 0.5) is 0 Å². The molecule has 1 aliphatic rings. The van der Waals surface area contributed by atoms with Crippen molar-refractivity contribution in [3.05, 3.63) is 28.8 Å². The lowest BCUT2D eigenvalue weighted by atomic mass is 9.96. The molecule has 0 heterocycles. The Morgan fingerprint density at radius 2 is 1.94 bits per heavy atom. The van der Waals surface area contributed by atoms with E-state index in [9.17, 15) is 13.2 Å². The van der Waals surface area contributed by atoms with E-state index in [2.05, 4.69) is 0 Å². The molecule has 7 heteroatoms. The second kappa shape index (κ2) is 5.07. The Kier molecular flexibility index (Phi) is 3.84. The van der Waals surface area contributed by atoms with Gasteiger partial charge in [0, 0.05) is 15.7 Å². The van der Waals surface area contributed by atoms with Gasteiger partial charge >= 0.3 is 5.97 Å². The fourth-order valence-corrected chi connectivity index (χ4v) is 2.63. The fraction of sp³-hybridized carbons (Fsp3) is 0.364. The first kappa shape index (κ1) is 13.6. The van der Waals surface area contributed by atoms with E-state index in [1.165, 1.54) is 12.1 Å². The standard InChI is InChI=1S/C11H10Cl2O4S/c12-8-4-7(5-10(6-8)18(13,15)16)11(14)17-9-2-1-3-9/h4-6,9H,1-3H2. The van der Waals surface area contributed by atoms with Gasteiger partial charge in [0.25, 0.3) is 9.05 Å². The molecule has 1 fully saturated rings. The van der Waals surface area contributed by atoms with Gasteiger partial charge in [0.05, 0.1) is 10.5 Å². The molecule has 0 saturated heterocycles. The van der Waals surface area contributed by atoms with E-state index < -0.39 is 15.0 Å². The topological polar surface area (TPSA) is 60.4 Å². The second-order valence-corrected chi connectivity index (χ2v) is 7.07. The van der Waals surface area contributed by atoms with Crippen LogP contribution in [0.1, 0.15) is 29.6 Å². The normalized spacial score (nSPS) is 16.1. The monoisotopic (exact) mass is 308 g/mol. The zero-order valence-electron chi connectivity index (χ0n) is 9.23. The Bertz CT molecular complexity index is 579. The number of benzene rings is 1. The molecular weight excluding hydrogens is 299 g/mol. The van der Waals surface area contributed by atoms with Crippen LogP contribution in [0.25, 0.3) is 0 Å². The van der Waals surface area contributed by atoms with Crippen LogP contribution in [0, 0.1) is 0 Å². The predicted molar refractivity (Wildman–Crippen MR) is 67.5 cm³/mol. The summed E-state index contributed by atoms with van der Waals surface area (Å²) in [5, 5.41) is 0.122. The highest BCUT2D eigenvalue weighted by Crippen LogP contribution is 2.26. The third-order valence-electron chi connectivity index (χ3n) is 2.71. The van der Waals surface area contributed by atoms with Gasteiger partial charge < -0.3 is 4.74 Å². The summed E-state index contributed by atoms with van der Waals surface area (Å²) in [5.41, 5.74) is 0.0913. The molecule has 0 atom stereocenters. The van der Waals surface area contributed by atoms with E-state index >= 15 is 0 Å². The average molecular weight is 309 g/mol. The zero-order valence-corrected chi connectivity index (χ0v) is 11.6. The van der Waals surface area contributed by atoms with Gasteiger partial charge in [-0.05, 0) is 37.5 Å². The Morgan fingerprint density at radius 3 is 2.44 bits per heavy atom. The predicted octanol–water partition coefficient (Wildman–Crippen LogP) is 2.98.